The van der Waals surface area contributed by atoms with Crippen LogP contribution in [0.1, 0.15) is 53.9 Å². The topological polar surface area (TPSA) is 27.0 Å². The molecule has 1 heterocycles. The molecule has 0 bridgehead atoms. The largest absolute Gasteiger partial charge is 0.299 e. The molecule has 1 unspecified atom stereocenters. The Hall–Kier alpha value is -0.550. The van der Waals surface area contributed by atoms with E-state index in [1.165, 1.54) is 12.8 Å². The van der Waals surface area contributed by atoms with Crippen LogP contribution in [-0.2, 0) is 0 Å². The molecule has 0 amide bonds. The third-order valence-corrected chi connectivity index (χ3v) is 2.98. The molecule has 88 valence electrons. The van der Waals surface area contributed by atoms with E-state index in [4.69, 9.17) is 5.26 Å². The van der Waals surface area contributed by atoms with Crippen LogP contribution in [0.4, 0.5) is 0 Å². The molecule has 2 heteroatoms. The minimum atomic E-state index is -0.110. The van der Waals surface area contributed by atoms with Gasteiger partial charge in [0, 0.05) is 12.6 Å². The molecule has 0 aromatic rings. The molecule has 0 N–H and O–H groups in total. The molecule has 0 aromatic carbocycles. The Morgan fingerprint density at radius 1 is 1.27 bits per heavy atom. The molecule has 1 aliphatic heterocycles. The van der Waals surface area contributed by atoms with Gasteiger partial charge < -0.3 is 0 Å². The van der Waals surface area contributed by atoms with Crippen molar-refractivity contribution in [1.82, 2.24) is 4.90 Å². The van der Waals surface area contributed by atoms with Crippen molar-refractivity contribution < 1.29 is 0 Å². The lowest BCUT2D eigenvalue weighted by molar-refractivity contribution is 0.181. The first-order chi connectivity index (χ1) is 7.07. The Kier molecular flexibility index (Phi) is 6.60. The number of hydrogen-bond acceptors (Lipinski definition) is 2. The van der Waals surface area contributed by atoms with E-state index in [2.05, 4.69) is 31.7 Å². The summed E-state index contributed by atoms with van der Waals surface area (Å²) in [7, 11) is 0. The third kappa shape index (κ3) is 4.66. The van der Waals surface area contributed by atoms with Gasteiger partial charge in [-0.3, -0.25) is 4.90 Å². The molecule has 0 aromatic heterocycles. The predicted molar refractivity (Wildman–Crippen MR) is 65.6 cm³/mol. The molecular formula is C13H26N2. The van der Waals surface area contributed by atoms with Gasteiger partial charge in [-0.15, -0.1) is 0 Å². The number of likely N-dealkylation sites (tertiary alicyclic amines) is 1. The summed E-state index contributed by atoms with van der Waals surface area (Å²) in [5.74, 6) is 0. The quantitative estimate of drug-likeness (QED) is 0.663. The molecule has 15 heavy (non-hydrogen) atoms. The van der Waals surface area contributed by atoms with E-state index in [9.17, 15) is 0 Å². The zero-order chi connectivity index (χ0) is 11.9. The predicted octanol–water partition coefficient (Wildman–Crippen LogP) is 3.44. The van der Waals surface area contributed by atoms with Gasteiger partial charge in [0.2, 0.25) is 0 Å². The second-order valence-corrected chi connectivity index (χ2v) is 4.69. The van der Waals surface area contributed by atoms with Crippen LogP contribution in [0, 0.1) is 16.7 Å². The SMILES string of the molecule is CC.CC(C)N1CCCCC(C)(C#N)C1. The lowest BCUT2D eigenvalue weighted by atomic mass is 9.87. The summed E-state index contributed by atoms with van der Waals surface area (Å²) in [6, 6.07) is 3.04. The molecule has 1 saturated heterocycles. The van der Waals surface area contributed by atoms with E-state index in [0.29, 0.717) is 6.04 Å². The molecule has 1 atom stereocenters. The molecule has 1 fully saturated rings. The zero-order valence-electron chi connectivity index (χ0n) is 11.0. The fourth-order valence-electron chi connectivity index (χ4n) is 1.97. The van der Waals surface area contributed by atoms with Crippen molar-refractivity contribution in [3.05, 3.63) is 0 Å². The van der Waals surface area contributed by atoms with Crippen molar-refractivity contribution in [3.8, 4) is 6.07 Å². The van der Waals surface area contributed by atoms with Crippen LogP contribution in [0.5, 0.6) is 0 Å². The maximum atomic E-state index is 9.10. The average molecular weight is 210 g/mol. The van der Waals surface area contributed by atoms with Crippen LogP contribution < -0.4 is 0 Å². The number of nitrogens with zero attached hydrogens (tertiary/aromatic N) is 2. The van der Waals surface area contributed by atoms with Crippen molar-refractivity contribution in [3.63, 3.8) is 0 Å². The molecule has 0 radical (unpaired) electrons. The summed E-state index contributed by atoms with van der Waals surface area (Å²) < 4.78 is 0. The van der Waals surface area contributed by atoms with Gasteiger partial charge in [0.1, 0.15) is 0 Å². The Morgan fingerprint density at radius 2 is 1.87 bits per heavy atom. The average Bonchev–Trinajstić information content (AvgIpc) is 2.44. The Morgan fingerprint density at radius 3 is 2.33 bits per heavy atom. The van der Waals surface area contributed by atoms with Crippen LogP contribution in [0.25, 0.3) is 0 Å². The Balaban J connectivity index is 0.000000921. The first kappa shape index (κ1) is 14.5. The Bertz CT molecular complexity index is 205. The van der Waals surface area contributed by atoms with Crippen molar-refractivity contribution in [2.75, 3.05) is 13.1 Å². The number of hydrogen-bond donors (Lipinski definition) is 0. The highest BCUT2D eigenvalue weighted by atomic mass is 15.2. The highest BCUT2D eigenvalue weighted by Gasteiger charge is 2.29. The second-order valence-electron chi connectivity index (χ2n) is 4.69. The molecule has 0 spiro atoms. The van der Waals surface area contributed by atoms with Crippen LogP contribution in [-0.4, -0.2) is 24.0 Å². The molecule has 0 saturated carbocycles. The molecule has 0 aliphatic carbocycles. The number of rotatable bonds is 1. The van der Waals surface area contributed by atoms with E-state index >= 15 is 0 Å². The van der Waals surface area contributed by atoms with E-state index in [0.717, 1.165) is 19.5 Å². The van der Waals surface area contributed by atoms with Gasteiger partial charge in [0.05, 0.1) is 11.5 Å². The minimum Gasteiger partial charge on any atom is -0.299 e. The molecule has 2 nitrogen and oxygen atoms in total. The zero-order valence-corrected chi connectivity index (χ0v) is 11.0. The summed E-state index contributed by atoms with van der Waals surface area (Å²) >= 11 is 0. The fraction of sp³-hybridized carbons (Fsp3) is 0.923. The molecule has 1 rings (SSSR count). The fourth-order valence-corrected chi connectivity index (χ4v) is 1.97. The van der Waals surface area contributed by atoms with Gasteiger partial charge in [-0.1, -0.05) is 20.3 Å². The maximum Gasteiger partial charge on any atom is 0.0700 e. The van der Waals surface area contributed by atoms with Gasteiger partial charge in [0.15, 0.2) is 0 Å². The van der Waals surface area contributed by atoms with Gasteiger partial charge in [-0.25, -0.2) is 0 Å². The van der Waals surface area contributed by atoms with E-state index < -0.39 is 0 Å². The second kappa shape index (κ2) is 6.85. The summed E-state index contributed by atoms with van der Waals surface area (Å²) in [6.45, 7) is 12.6. The summed E-state index contributed by atoms with van der Waals surface area (Å²) in [4.78, 5) is 2.43. The Labute approximate surface area is 95.3 Å². The summed E-state index contributed by atoms with van der Waals surface area (Å²) in [6.07, 6.45) is 3.51. The maximum absolute atomic E-state index is 9.10. The highest BCUT2D eigenvalue weighted by molar-refractivity contribution is 4.99. The highest BCUT2D eigenvalue weighted by Crippen LogP contribution is 2.28. The summed E-state index contributed by atoms with van der Waals surface area (Å²) in [5.41, 5.74) is -0.110. The first-order valence-electron chi connectivity index (χ1n) is 6.23. The van der Waals surface area contributed by atoms with E-state index in [1.807, 2.05) is 13.8 Å². The third-order valence-electron chi connectivity index (χ3n) is 2.98. The van der Waals surface area contributed by atoms with Crippen molar-refractivity contribution in [1.29, 1.82) is 5.26 Å². The van der Waals surface area contributed by atoms with Gasteiger partial charge >= 0.3 is 0 Å². The minimum absolute atomic E-state index is 0.110. The monoisotopic (exact) mass is 210 g/mol. The lowest BCUT2D eigenvalue weighted by Crippen LogP contribution is -2.38. The lowest BCUT2D eigenvalue weighted by Gasteiger charge is -2.30. The first-order valence-corrected chi connectivity index (χ1v) is 6.23. The normalized spacial score (nSPS) is 27.5. The molecule has 1 aliphatic rings. The van der Waals surface area contributed by atoms with E-state index in [1.54, 1.807) is 0 Å². The van der Waals surface area contributed by atoms with Crippen LogP contribution in [0.2, 0.25) is 0 Å². The van der Waals surface area contributed by atoms with Crippen molar-refractivity contribution in [2.45, 2.75) is 59.9 Å². The van der Waals surface area contributed by atoms with Crippen LogP contribution >= 0.6 is 0 Å². The van der Waals surface area contributed by atoms with Crippen molar-refractivity contribution >= 4 is 0 Å². The smallest absolute Gasteiger partial charge is 0.0700 e. The van der Waals surface area contributed by atoms with Gasteiger partial charge in [-0.05, 0) is 40.2 Å². The van der Waals surface area contributed by atoms with Crippen LogP contribution in [0.3, 0.4) is 0 Å². The van der Waals surface area contributed by atoms with Gasteiger partial charge in [0.25, 0.3) is 0 Å². The standard InChI is InChI=1S/C11H20N2.C2H6/c1-10(2)13-7-5-4-6-11(3,8-12)9-13;1-2/h10H,4-7,9H2,1-3H3;1-2H3. The molecular weight excluding hydrogens is 184 g/mol. The van der Waals surface area contributed by atoms with Gasteiger partial charge in [-0.2, -0.15) is 5.26 Å². The summed E-state index contributed by atoms with van der Waals surface area (Å²) in [5, 5.41) is 9.10. The number of nitriles is 1. The van der Waals surface area contributed by atoms with Crippen molar-refractivity contribution in [2.24, 2.45) is 5.41 Å². The van der Waals surface area contributed by atoms with E-state index in [-0.39, 0.29) is 5.41 Å². The van der Waals surface area contributed by atoms with Crippen LogP contribution in [0.15, 0.2) is 0 Å².